The van der Waals surface area contributed by atoms with Crippen molar-refractivity contribution in [3.63, 3.8) is 0 Å². The summed E-state index contributed by atoms with van der Waals surface area (Å²) >= 11 is 0. The zero-order valence-electron chi connectivity index (χ0n) is 15.3. The maximum atomic E-state index is 12.2. The first kappa shape index (κ1) is 18.7. The minimum Gasteiger partial charge on any atom is -0.481 e. The molecule has 1 aromatic rings. The van der Waals surface area contributed by atoms with Crippen molar-refractivity contribution in [3.05, 3.63) is 35.4 Å². The number of likely N-dealkylation sites (tertiary alicyclic amines) is 2. The van der Waals surface area contributed by atoms with E-state index >= 15 is 0 Å². The lowest BCUT2D eigenvalue weighted by Gasteiger charge is -2.20. The van der Waals surface area contributed by atoms with E-state index in [1.54, 1.807) is 4.90 Å². The fraction of sp³-hybridized carbons (Fsp3) is 0.600. The third-order valence-corrected chi connectivity index (χ3v) is 5.40. The summed E-state index contributed by atoms with van der Waals surface area (Å²) in [5.41, 5.74) is 2.37. The van der Waals surface area contributed by atoms with Crippen molar-refractivity contribution >= 4 is 12.0 Å². The lowest BCUT2D eigenvalue weighted by atomic mass is 10.1. The van der Waals surface area contributed by atoms with E-state index in [1.165, 1.54) is 44.3 Å². The fourth-order valence-corrected chi connectivity index (χ4v) is 3.75. The monoisotopic (exact) mass is 359 g/mol. The van der Waals surface area contributed by atoms with Gasteiger partial charge in [-0.3, -0.25) is 9.69 Å². The molecule has 0 aromatic heterocycles. The minimum absolute atomic E-state index is 0.178. The summed E-state index contributed by atoms with van der Waals surface area (Å²) < 4.78 is 0. The van der Waals surface area contributed by atoms with Crippen molar-refractivity contribution in [2.75, 3.05) is 26.2 Å². The summed E-state index contributed by atoms with van der Waals surface area (Å²) in [5.74, 6) is -1.25. The number of nitrogens with one attached hydrogen (secondary N) is 1. The molecule has 0 aliphatic carbocycles. The Kier molecular flexibility index (Phi) is 6.50. The molecular weight excluding hydrogens is 330 g/mol. The van der Waals surface area contributed by atoms with Crippen molar-refractivity contribution in [1.29, 1.82) is 0 Å². The molecule has 2 aliphatic heterocycles. The number of carbonyl (C=O) groups excluding carboxylic acids is 1. The molecule has 2 saturated heterocycles. The van der Waals surface area contributed by atoms with Gasteiger partial charge in [0.2, 0.25) is 0 Å². The number of carboxylic acids is 1. The third kappa shape index (κ3) is 5.21. The zero-order valence-corrected chi connectivity index (χ0v) is 15.3. The first-order valence-electron chi connectivity index (χ1n) is 9.67. The molecule has 2 fully saturated rings. The normalized spacial score (nSPS) is 21.4. The van der Waals surface area contributed by atoms with Crippen LogP contribution in [0.2, 0.25) is 0 Å². The molecule has 1 unspecified atom stereocenters. The van der Waals surface area contributed by atoms with Gasteiger partial charge >= 0.3 is 12.0 Å². The first-order chi connectivity index (χ1) is 12.6. The van der Waals surface area contributed by atoms with Crippen LogP contribution in [0.15, 0.2) is 24.3 Å². The van der Waals surface area contributed by atoms with Gasteiger partial charge in [-0.1, -0.05) is 37.1 Å². The summed E-state index contributed by atoms with van der Waals surface area (Å²) in [6.45, 7) is 4.65. The summed E-state index contributed by atoms with van der Waals surface area (Å²) in [7, 11) is 0. The van der Waals surface area contributed by atoms with E-state index in [9.17, 15) is 9.59 Å². The average Bonchev–Trinajstić information content (AvgIpc) is 3.01. The number of hydrogen-bond donors (Lipinski definition) is 2. The third-order valence-electron chi connectivity index (χ3n) is 5.40. The highest BCUT2D eigenvalue weighted by Gasteiger charge is 2.30. The van der Waals surface area contributed by atoms with E-state index in [0.29, 0.717) is 26.1 Å². The Labute approximate surface area is 155 Å². The second-order valence-electron chi connectivity index (χ2n) is 7.44. The molecule has 2 aliphatic rings. The Bertz CT molecular complexity index is 609. The van der Waals surface area contributed by atoms with Gasteiger partial charge in [0.05, 0.1) is 5.92 Å². The Hall–Kier alpha value is -2.08. The van der Waals surface area contributed by atoms with Crippen molar-refractivity contribution < 1.29 is 14.7 Å². The highest BCUT2D eigenvalue weighted by molar-refractivity contribution is 5.77. The van der Waals surface area contributed by atoms with Crippen LogP contribution < -0.4 is 5.32 Å². The Morgan fingerprint density at radius 2 is 1.65 bits per heavy atom. The molecule has 1 atom stereocenters. The van der Waals surface area contributed by atoms with Crippen LogP contribution in [0.3, 0.4) is 0 Å². The molecule has 2 heterocycles. The van der Waals surface area contributed by atoms with Crippen molar-refractivity contribution in [3.8, 4) is 0 Å². The van der Waals surface area contributed by atoms with Crippen LogP contribution in [0.5, 0.6) is 0 Å². The second-order valence-corrected chi connectivity index (χ2v) is 7.44. The zero-order chi connectivity index (χ0) is 18.4. The molecule has 0 bridgehead atoms. The molecule has 3 rings (SSSR count). The van der Waals surface area contributed by atoms with Crippen molar-refractivity contribution in [1.82, 2.24) is 15.1 Å². The lowest BCUT2D eigenvalue weighted by Crippen LogP contribution is -2.38. The van der Waals surface area contributed by atoms with Crippen LogP contribution in [0, 0.1) is 5.92 Å². The van der Waals surface area contributed by atoms with Crippen molar-refractivity contribution in [2.24, 2.45) is 5.92 Å². The molecule has 2 N–H and O–H groups in total. The first-order valence-corrected chi connectivity index (χ1v) is 9.67. The number of hydrogen-bond acceptors (Lipinski definition) is 3. The molecule has 1 aromatic carbocycles. The summed E-state index contributed by atoms with van der Waals surface area (Å²) in [5, 5.41) is 11.9. The highest BCUT2D eigenvalue weighted by atomic mass is 16.4. The lowest BCUT2D eigenvalue weighted by molar-refractivity contribution is -0.141. The van der Waals surface area contributed by atoms with Gasteiger partial charge < -0.3 is 15.3 Å². The molecule has 2 amide bonds. The van der Waals surface area contributed by atoms with Crippen LogP contribution in [-0.2, 0) is 17.9 Å². The highest BCUT2D eigenvalue weighted by Crippen LogP contribution is 2.17. The number of benzene rings is 1. The molecular formula is C20H29N3O3. The topological polar surface area (TPSA) is 72.9 Å². The van der Waals surface area contributed by atoms with Gasteiger partial charge in [-0.05, 0) is 43.5 Å². The van der Waals surface area contributed by atoms with Gasteiger partial charge in [0.15, 0.2) is 0 Å². The van der Waals surface area contributed by atoms with Gasteiger partial charge in [-0.15, -0.1) is 0 Å². The molecule has 0 saturated carbocycles. The molecule has 0 radical (unpaired) electrons. The number of nitrogens with zero attached hydrogens (tertiary/aromatic N) is 2. The largest absolute Gasteiger partial charge is 0.481 e. The van der Waals surface area contributed by atoms with Crippen molar-refractivity contribution in [2.45, 2.75) is 45.2 Å². The number of urea groups is 1. The van der Waals surface area contributed by atoms with Crippen LogP contribution in [0.4, 0.5) is 4.79 Å². The number of rotatable bonds is 5. The predicted octanol–water partition coefficient (Wildman–Crippen LogP) is 2.68. The number of aliphatic carboxylic acids is 1. The fourth-order valence-electron chi connectivity index (χ4n) is 3.75. The number of carboxylic acid groups (broad SMARTS) is 1. The number of amides is 2. The Morgan fingerprint density at radius 3 is 2.27 bits per heavy atom. The molecule has 6 nitrogen and oxygen atoms in total. The van der Waals surface area contributed by atoms with E-state index in [4.69, 9.17) is 5.11 Å². The van der Waals surface area contributed by atoms with E-state index in [2.05, 4.69) is 34.5 Å². The molecule has 142 valence electrons. The minimum atomic E-state index is -0.819. The quantitative estimate of drug-likeness (QED) is 0.848. The second kappa shape index (κ2) is 9.03. The Balaban J connectivity index is 1.44. The van der Waals surface area contributed by atoms with Gasteiger partial charge in [0.25, 0.3) is 0 Å². The molecule has 0 spiro atoms. The summed E-state index contributed by atoms with van der Waals surface area (Å²) in [4.78, 5) is 27.3. The average molecular weight is 359 g/mol. The van der Waals surface area contributed by atoms with E-state index in [1.807, 2.05) is 0 Å². The Morgan fingerprint density at radius 1 is 1.00 bits per heavy atom. The van der Waals surface area contributed by atoms with Gasteiger partial charge in [-0.25, -0.2) is 4.79 Å². The smallest absolute Gasteiger partial charge is 0.317 e. The molecule has 26 heavy (non-hydrogen) atoms. The summed E-state index contributed by atoms with van der Waals surface area (Å²) in [6.07, 6.45) is 5.82. The standard InChI is InChI=1S/C20H29N3O3/c24-19(25)18-9-12-23(15-18)20(26)21-13-16-5-7-17(8-6-16)14-22-10-3-1-2-4-11-22/h5-8,18H,1-4,9-15H2,(H,21,26)(H,24,25). The van der Waals surface area contributed by atoms with Crippen LogP contribution >= 0.6 is 0 Å². The number of carbonyl (C=O) groups is 2. The summed E-state index contributed by atoms with van der Waals surface area (Å²) in [6, 6.07) is 8.24. The van der Waals surface area contributed by atoms with E-state index < -0.39 is 11.9 Å². The molecule has 6 heteroatoms. The maximum Gasteiger partial charge on any atom is 0.317 e. The van der Waals surface area contributed by atoms with Gasteiger partial charge in [0, 0.05) is 26.2 Å². The SMILES string of the molecule is O=C(O)C1CCN(C(=O)NCc2ccc(CN3CCCCCC3)cc2)C1. The van der Waals surface area contributed by atoms with E-state index in [-0.39, 0.29) is 6.03 Å². The maximum absolute atomic E-state index is 12.2. The van der Waals surface area contributed by atoms with Crippen LogP contribution in [0.25, 0.3) is 0 Å². The van der Waals surface area contributed by atoms with Crippen LogP contribution in [-0.4, -0.2) is 53.1 Å². The van der Waals surface area contributed by atoms with Crippen LogP contribution in [0.1, 0.15) is 43.2 Å². The van der Waals surface area contributed by atoms with E-state index in [0.717, 1.165) is 12.1 Å². The predicted molar refractivity (Wildman–Crippen MR) is 99.7 cm³/mol. The van der Waals surface area contributed by atoms with Gasteiger partial charge in [0.1, 0.15) is 0 Å². The van der Waals surface area contributed by atoms with Gasteiger partial charge in [-0.2, -0.15) is 0 Å².